The zero-order valence-electron chi connectivity index (χ0n) is 11.3. The van der Waals surface area contributed by atoms with E-state index < -0.39 is 10.9 Å². The molecule has 3 aromatic rings. The fourth-order valence-corrected chi connectivity index (χ4v) is 2.07. The van der Waals surface area contributed by atoms with Crippen molar-refractivity contribution in [3.05, 3.63) is 68.7 Å². The van der Waals surface area contributed by atoms with Gasteiger partial charge in [0, 0.05) is 6.20 Å². The zero-order valence-corrected chi connectivity index (χ0v) is 11.3. The molecule has 5 heteroatoms. The number of pyridine rings is 1. The maximum atomic E-state index is 11.5. The molecule has 0 bridgehead atoms. The van der Waals surface area contributed by atoms with Gasteiger partial charge < -0.3 is 10.5 Å². The third-order valence-electron chi connectivity index (χ3n) is 3.31. The summed E-state index contributed by atoms with van der Waals surface area (Å²) < 4.78 is 5.71. The van der Waals surface area contributed by atoms with Crippen molar-refractivity contribution in [3.8, 4) is 22.6 Å². The van der Waals surface area contributed by atoms with E-state index in [2.05, 4.69) is 4.98 Å². The molecular weight excluding hydrogens is 268 g/mol. The van der Waals surface area contributed by atoms with Crippen LogP contribution in [0.25, 0.3) is 11.1 Å². The number of nitrogens with zero attached hydrogens (tertiary/aromatic N) is 1. The number of nitrogens with two attached hydrogens (primary N) is 1. The Morgan fingerprint density at radius 3 is 2.38 bits per heavy atom. The van der Waals surface area contributed by atoms with Crippen LogP contribution in [-0.4, -0.2) is 4.98 Å². The van der Waals surface area contributed by atoms with Gasteiger partial charge in [0.05, 0.1) is 17.4 Å². The Balaban J connectivity index is 1.87. The second-order valence-corrected chi connectivity index (χ2v) is 4.71. The van der Waals surface area contributed by atoms with Crippen LogP contribution in [0.2, 0.25) is 0 Å². The van der Waals surface area contributed by atoms with Gasteiger partial charge >= 0.3 is 0 Å². The number of rotatable bonds is 3. The van der Waals surface area contributed by atoms with Gasteiger partial charge in [0.2, 0.25) is 10.9 Å². The van der Waals surface area contributed by atoms with Gasteiger partial charge in [-0.25, -0.2) is 0 Å². The van der Waals surface area contributed by atoms with Crippen molar-refractivity contribution in [2.24, 2.45) is 0 Å². The largest absolute Gasteiger partial charge is 0.455 e. The molecule has 0 radical (unpaired) electrons. The SMILES string of the molecule is Cc1ccncc1Oc1ccc(-c2c(N)c(=O)c2=O)cc1. The third-order valence-corrected chi connectivity index (χ3v) is 3.31. The lowest BCUT2D eigenvalue weighted by atomic mass is 9.99. The first-order valence-corrected chi connectivity index (χ1v) is 6.35. The Morgan fingerprint density at radius 2 is 1.76 bits per heavy atom. The van der Waals surface area contributed by atoms with Crippen molar-refractivity contribution in [3.63, 3.8) is 0 Å². The summed E-state index contributed by atoms with van der Waals surface area (Å²) in [5.41, 5.74) is 6.28. The van der Waals surface area contributed by atoms with Crippen LogP contribution in [0.3, 0.4) is 0 Å². The molecule has 3 rings (SSSR count). The van der Waals surface area contributed by atoms with Gasteiger partial charge in [0.25, 0.3) is 0 Å². The van der Waals surface area contributed by atoms with Gasteiger partial charge in [-0.1, -0.05) is 12.1 Å². The number of nitrogen functional groups attached to an aromatic ring is 1. The molecular formula is C16H12N2O3. The number of benzene rings is 1. The van der Waals surface area contributed by atoms with Crippen molar-refractivity contribution in [1.29, 1.82) is 0 Å². The van der Waals surface area contributed by atoms with Gasteiger partial charge in [0.15, 0.2) is 0 Å². The van der Waals surface area contributed by atoms with Crippen LogP contribution < -0.4 is 21.3 Å². The van der Waals surface area contributed by atoms with E-state index in [-0.39, 0.29) is 11.3 Å². The molecule has 21 heavy (non-hydrogen) atoms. The van der Waals surface area contributed by atoms with Crippen LogP contribution in [0.15, 0.2) is 52.3 Å². The summed E-state index contributed by atoms with van der Waals surface area (Å²) in [5.74, 6) is 1.28. The van der Waals surface area contributed by atoms with Crippen LogP contribution in [0.4, 0.5) is 5.69 Å². The minimum Gasteiger partial charge on any atom is -0.455 e. The lowest BCUT2D eigenvalue weighted by Crippen LogP contribution is -2.35. The molecule has 0 saturated heterocycles. The second kappa shape index (κ2) is 4.86. The van der Waals surface area contributed by atoms with E-state index in [1.807, 2.05) is 13.0 Å². The predicted octanol–water partition coefficient (Wildman–Crippen LogP) is 2.03. The highest BCUT2D eigenvalue weighted by atomic mass is 16.5. The summed E-state index contributed by atoms with van der Waals surface area (Å²) in [7, 11) is 0. The van der Waals surface area contributed by atoms with Crippen molar-refractivity contribution in [1.82, 2.24) is 4.98 Å². The minimum atomic E-state index is -0.615. The zero-order chi connectivity index (χ0) is 15.0. The number of anilines is 1. The van der Waals surface area contributed by atoms with Gasteiger partial charge in [0.1, 0.15) is 11.5 Å². The molecule has 0 atom stereocenters. The van der Waals surface area contributed by atoms with Crippen LogP contribution in [0.1, 0.15) is 5.56 Å². The number of ether oxygens (including phenoxy) is 1. The van der Waals surface area contributed by atoms with Gasteiger partial charge in [-0.05, 0) is 36.2 Å². The van der Waals surface area contributed by atoms with E-state index >= 15 is 0 Å². The first-order chi connectivity index (χ1) is 10.1. The minimum absolute atomic E-state index is 0.0248. The van der Waals surface area contributed by atoms with Gasteiger partial charge in [-0.15, -0.1) is 0 Å². The monoisotopic (exact) mass is 280 g/mol. The van der Waals surface area contributed by atoms with Crippen molar-refractivity contribution < 1.29 is 4.74 Å². The average Bonchev–Trinajstić information content (AvgIpc) is 2.51. The van der Waals surface area contributed by atoms with E-state index in [1.165, 1.54) is 0 Å². The van der Waals surface area contributed by atoms with Crippen molar-refractivity contribution in [2.75, 3.05) is 5.73 Å². The fraction of sp³-hybridized carbons (Fsp3) is 0.0625. The molecule has 0 aliphatic carbocycles. The molecule has 1 heterocycles. The van der Waals surface area contributed by atoms with E-state index in [9.17, 15) is 9.59 Å². The number of hydrogen-bond acceptors (Lipinski definition) is 5. The first-order valence-electron chi connectivity index (χ1n) is 6.35. The Kier molecular flexibility index (Phi) is 3.02. The summed E-state index contributed by atoms with van der Waals surface area (Å²) in [4.78, 5) is 26.6. The molecule has 2 N–H and O–H groups in total. The molecule has 0 aliphatic heterocycles. The van der Waals surface area contributed by atoms with Crippen molar-refractivity contribution in [2.45, 2.75) is 6.92 Å². The van der Waals surface area contributed by atoms with Gasteiger partial charge in [-0.2, -0.15) is 0 Å². The van der Waals surface area contributed by atoms with Crippen molar-refractivity contribution >= 4 is 5.69 Å². The Hall–Kier alpha value is -2.95. The first kappa shape index (κ1) is 13.1. The Morgan fingerprint density at radius 1 is 1.05 bits per heavy atom. The maximum Gasteiger partial charge on any atom is 0.249 e. The lowest BCUT2D eigenvalue weighted by molar-refractivity contribution is 0.476. The summed E-state index contributed by atoms with van der Waals surface area (Å²) in [6.07, 6.45) is 3.33. The fourth-order valence-electron chi connectivity index (χ4n) is 2.07. The van der Waals surface area contributed by atoms with E-state index in [4.69, 9.17) is 10.5 Å². The van der Waals surface area contributed by atoms with Crippen LogP contribution in [0.5, 0.6) is 11.5 Å². The van der Waals surface area contributed by atoms with E-state index in [0.717, 1.165) is 5.56 Å². The van der Waals surface area contributed by atoms with Crippen LogP contribution >= 0.6 is 0 Å². The maximum absolute atomic E-state index is 11.5. The van der Waals surface area contributed by atoms with Gasteiger partial charge in [-0.3, -0.25) is 14.6 Å². The Labute approximate surface area is 120 Å². The molecule has 1 aromatic heterocycles. The molecule has 0 saturated carbocycles. The molecule has 0 unspecified atom stereocenters. The molecule has 2 aromatic carbocycles. The lowest BCUT2D eigenvalue weighted by Gasteiger charge is -2.10. The summed E-state index contributed by atoms with van der Waals surface area (Å²) in [6, 6.07) is 8.70. The number of aromatic nitrogens is 1. The molecule has 0 amide bonds. The van der Waals surface area contributed by atoms with Crippen LogP contribution in [0, 0.1) is 6.92 Å². The normalized spacial score (nSPS) is 10.7. The number of aryl methyl sites for hydroxylation is 1. The van der Waals surface area contributed by atoms with E-state index in [1.54, 1.807) is 36.7 Å². The Bertz CT molecular complexity index is 875. The molecule has 0 spiro atoms. The predicted molar refractivity (Wildman–Crippen MR) is 80.3 cm³/mol. The molecule has 5 nitrogen and oxygen atoms in total. The van der Waals surface area contributed by atoms with Crippen LogP contribution in [-0.2, 0) is 0 Å². The quantitative estimate of drug-likeness (QED) is 0.742. The average molecular weight is 280 g/mol. The topological polar surface area (TPSA) is 82.3 Å². The smallest absolute Gasteiger partial charge is 0.249 e. The highest BCUT2D eigenvalue weighted by Crippen LogP contribution is 2.27. The molecule has 0 fully saturated rings. The summed E-state index contributed by atoms with van der Waals surface area (Å²) in [6.45, 7) is 1.93. The highest BCUT2D eigenvalue weighted by molar-refractivity contribution is 5.80. The highest BCUT2D eigenvalue weighted by Gasteiger charge is 2.19. The summed E-state index contributed by atoms with van der Waals surface area (Å²) in [5, 5.41) is 0. The summed E-state index contributed by atoms with van der Waals surface area (Å²) >= 11 is 0. The standard InChI is InChI=1S/C16H12N2O3/c1-9-6-7-18-8-12(9)21-11-4-2-10(3-5-11)13-14(17)16(20)15(13)19/h2-8H,17H2,1H3. The molecule has 104 valence electrons. The number of hydrogen-bond donors (Lipinski definition) is 1. The third kappa shape index (κ3) is 2.18. The van der Waals surface area contributed by atoms with E-state index in [0.29, 0.717) is 17.1 Å². The molecule has 0 aliphatic rings. The second-order valence-electron chi connectivity index (χ2n) is 4.71.